The van der Waals surface area contributed by atoms with Gasteiger partial charge in [0.2, 0.25) is 0 Å². The molecule has 0 unspecified atom stereocenters. The highest BCUT2D eigenvalue weighted by molar-refractivity contribution is 6.34. The van der Waals surface area contributed by atoms with Crippen LogP contribution in [0.3, 0.4) is 0 Å². The number of carbonyl (C=O) groups is 1. The highest BCUT2D eigenvalue weighted by atomic mass is 35.5. The predicted octanol–water partition coefficient (Wildman–Crippen LogP) is 4.46. The summed E-state index contributed by atoms with van der Waals surface area (Å²) in [4.78, 5) is 16.0. The van der Waals surface area contributed by atoms with E-state index in [4.69, 9.17) is 16.3 Å². The number of methoxy groups -OCH3 is 1. The molecule has 0 saturated carbocycles. The molecular formula is C20H16ClN3O3. The van der Waals surface area contributed by atoms with Crippen molar-refractivity contribution in [3.05, 3.63) is 70.9 Å². The first kappa shape index (κ1) is 17.2. The van der Waals surface area contributed by atoms with Gasteiger partial charge in [0.05, 0.1) is 34.2 Å². The lowest BCUT2D eigenvalue weighted by Crippen LogP contribution is -2.05. The number of hydrogen-bond acceptors (Lipinski definition) is 4. The van der Waals surface area contributed by atoms with Crippen molar-refractivity contribution in [1.82, 2.24) is 9.38 Å². The van der Waals surface area contributed by atoms with E-state index >= 15 is 0 Å². The van der Waals surface area contributed by atoms with Crippen LogP contribution < -0.4 is 10.1 Å². The number of fused-ring (bicyclic) bond motifs is 3. The van der Waals surface area contributed by atoms with Gasteiger partial charge >= 0.3 is 5.97 Å². The van der Waals surface area contributed by atoms with E-state index in [0.29, 0.717) is 23.4 Å². The first-order chi connectivity index (χ1) is 13.1. The summed E-state index contributed by atoms with van der Waals surface area (Å²) in [5, 5.41) is 12.8. The molecule has 27 heavy (non-hydrogen) atoms. The number of aromatic carboxylic acids is 1. The summed E-state index contributed by atoms with van der Waals surface area (Å²) in [7, 11) is 1.64. The molecule has 0 atom stereocenters. The van der Waals surface area contributed by atoms with Crippen molar-refractivity contribution in [2.75, 3.05) is 12.4 Å². The van der Waals surface area contributed by atoms with Gasteiger partial charge in [-0.1, -0.05) is 23.7 Å². The molecule has 2 aromatic carbocycles. The molecule has 0 radical (unpaired) electrons. The van der Waals surface area contributed by atoms with Crippen LogP contribution in [-0.4, -0.2) is 27.6 Å². The average Bonchev–Trinajstić information content (AvgIpc) is 3.16. The first-order valence-electron chi connectivity index (χ1n) is 8.27. The SMILES string of the molecule is COc1ccc(CNc2nc3cc(Cl)c(C(=O)O)cc3n3cccc23)cc1. The molecule has 2 heterocycles. The molecule has 7 heteroatoms. The second-order valence-corrected chi connectivity index (χ2v) is 6.46. The number of carboxylic acids is 1. The van der Waals surface area contributed by atoms with E-state index in [1.807, 2.05) is 47.0 Å². The smallest absolute Gasteiger partial charge is 0.337 e. The van der Waals surface area contributed by atoms with Gasteiger partial charge in [-0.3, -0.25) is 0 Å². The van der Waals surface area contributed by atoms with Gasteiger partial charge in [-0.25, -0.2) is 9.78 Å². The third kappa shape index (κ3) is 3.15. The normalized spacial score (nSPS) is 11.0. The maximum atomic E-state index is 11.4. The van der Waals surface area contributed by atoms with Crippen LogP contribution >= 0.6 is 11.6 Å². The second kappa shape index (κ2) is 6.81. The summed E-state index contributed by atoms with van der Waals surface area (Å²) < 4.78 is 7.08. The first-order valence-corrected chi connectivity index (χ1v) is 8.65. The summed E-state index contributed by atoms with van der Waals surface area (Å²) in [6.45, 7) is 0.588. The largest absolute Gasteiger partial charge is 0.497 e. The van der Waals surface area contributed by atoms with Crippen molar-refractivity contribution in [3.8, 4) is 5.75 Å². The van der Waals surface area contributed by atoms with Crippen LogP contribution in [0.2, 0.25) is 5.02 Å². The number of ether oxygens (including phenoxy) is 1. The number of anilines is 1. The number of nitrogens with one attached hydrogen (secondary N) is 1. The fourth-order valence-corrected chi connectivity index (χ4v) is 3.26. The average molecular weight is 382 g/mol. The molecule has 0 aliphatic carbocycles. The number of benzene rings is 2. The third-order valence-electron chi connectivity index (χ3n) is 4.40. The lowest BCUT2D eigenvalue weighted by Gasteiger charge is -2.12. The maximum Gasteiger partial charge on any atom is 0.337 e. The van der Waals surface area contributed by atoms with E-state index in [1.54, 1.807) is 19.2 Å². The van der Waals surface area contributed by atoms with Gasteiger partial charge in [0.1, 0.15) is 5.75 Å². The molecule has 0 aliphatic rings. The van der Waals surface area contributed by atoms with Crippen LogP contribution in [0, 0.1) is 0 Å². The fourth-order valence-electron chi connectivity index (χ4n) is 3.02. The predicted molar refractivity (Wildman–Crippen MR) is 105 cm³/mol. The Kier molecular flexibility index (Phi) is 4.33. The lowest BCUT2D eigenvalue weighted by atomic mass is 10.2. The molecule has 0 saturated heterocycles. The van der Waals surface area contributed by atoms with Crippen LogP contribution in [0.5, 0.6) is 5.75 Å². The quantitative estimate of drug-likeness (QED) is 0.533. The Bertz CT molecular complexity index is 1150. The standard InChI is InChI=1S/C20H16ClN3O3/c1-27-13-6-4-12(5-7-13)11-22-19-17-3-2-8-24(17)18-9-14(20(25)26)15(21)10-16(18)23-19/h2-10H,11H2,1H3,(H,22,23)(H,25,26). The Morgan fingerprint density at radius 2 is 2.00 bits per heavy atom. The Balaban J connectivity index is 1.74. The highest BCUT2D eigenvalue weighted by Gasteiger charge is 2.14. The van der Waals surface area contributed by atoms with E-state index < -0.39 is 5.97 Å². The zero-order chi connectivity index (χ0) is 19.0. The molecule has 0 fully saturated rings. The van der Waals surface area contributed by atoms with Crippen LogP contribution in [-0.2, 0) is 6.54 Å². The fraction of sp³-hybridized carbons (Fsp3) is 0.100. The number of rotatable bonds is 5. The van der Waals surface area contributed by atoms with E-state index in [9.17, 15) is 9.90 Å². The molecular weight excluding hydrogens is 366 g/mol. The Hall–Kier alpha value is -3.25. The van der Waals surface area contributed by atoms with Gasteiger partial charge in [0.15, 0.2) is 5.82 Å². The van der Waals surface area contributed by atoms with Gasteiger partial charge < -0.3 is 19.6 Å². The van der Waals surface area contributed by atoms with Crippen molar-refractivity contribution < 1.29 is 14.6 Å². The minimum absolute atomic E-state index is 0.0555. The summed E-state index contributed by atoms with van der Waals surface area (Å²) in [5.74, 6) is 0.437. The van der Waals surface area contributed by atoms with Crippen molar-refractivity contribution in [2.24, 2.45) is 0 Å². The third-order valence-corrected chi connectivity index (χ3v) is 4.71. The van der Waals surface area contributed by atoms with Gasteiger partial charge in [-0.05, 0) is 42.0 Å². The van der Waals surface area contributed by atoms with Crippen LogP contribution in [0.1, 0.15) is 15.9 Å². The van der Waals surface area contributed by atoms with Gasteiger partial charge in [-0.2, -0.15) is 0 Å². The van der Waals surface area contributed by atoms with E-state index in [-0.39, 0.29) is 10.6 Å². The van der Waals surface area contributed by atoms with Crippen molar-refractivity contribution in [1.29, 1.82) is 0 Å². The number of carboxylic acid groups (broad SMARTS) is 1. The second-order valence-electron chi connectivity index (χ2n) is 6.05. The van der Waals surface area contributed by atoms with Gasteiger partial charge in [-0.15, -0.1) is 0 Å². The monoisotopic (exact) mass is 381 g/mol. The van der Waals surface area contributed by atoms with Gasteiger partial charge in [0, 0.05) is 12.7 Å². The van der Waals surface area contributed by atoms with E-state index in [2.05, 4.69) is 10.3 Å². The molecule has 4 aromatic rings. The number of halogens is 1. The summed E-state index contributed by atoms with van der Waals surface area (Å²) >= 11 is 6.11. The molecule has 136 valence electrons. The molecule has 6 nitrogen and oxygen atoms in total. The van der Waals surface area contributed by atoms with Crippen molar-refractivity contribution in [3.63, 3.8) is 0 Å². The molecule has 2 N–H and O–H groups in total. The van der Waals surface area contributed by atoms with Crippen LogP contribution in [0.15, 0.2) is 54.7 Å². The van der Waals surface area contributed by atoms with Crippen molar-refractivity contribution >= 4 is 39.9 Å². The van der Waals surface area contributed by atoms with Crippen LogP contribution in [0.25, 0.3) is 16.6 Å². The number of hydrogen-bond donors (Lipinski definition) is 2. The Labute approximate surface area is 160 Å². The minimum Gasteiger partial charge on any atom is -0.497 e. The molecule has 0 aliphatic heterocycles. The molecule has 4 rings (SSSR count). The number of aromatic nitrogens is 2. The van der Waals surface area contributed by atoms with E-state index in [1.165, 1.54) is 0 Å². The molecule has 2 aromatic heterocycles. The molecule has 0 bridgehead atoms. The molecule has 0 amide bonds. The molecule has 0 spiro atoms. The lowest BCUT2D eigenvalue weighted by molar-refractivity contribution is 0.0697. The van der Waals surface area contributed by atoms with E-state index in [0.717, 1.165) is 16.8 Å². The highest BCUT2D eigenvalue weighted by Crippen LogP contribution is 2.28. The summed E-state index contributed by atoms with van der Waals surface area (Å²) in [6, 6.07) is 14.7. The zero-order valence-corrected chi connectivity index (χ0v) is 15.2. The zero-order valence-electron chi connectivity index (χ0n) is 14.4. The Morgan fingerprint density at radius 1 is 1.22 bits per heavy atom. The maximum absolute atomic E-state index is 11.4. The summed E-state index contributed by atoms with van der Waals surface area (Å²) in [6.07, 6.45) is 1.87. The number of nitrogens with zero attached hydrogens (tertiary/aromatic N) is 2. The Morgan fingerprint density at radius 3 is 2.70 bits per heavy atom. The minimum atomic E-state index is -1.07. The van der Waals surface area contributed by atoms with Crippen molar-refractivity contribution in [2.45, 2.75) is 6.54 Å². The van der Waals surface area contributed by atoms with Gasteiger partial charge in [0.25, 0.3) is 0 Å². The van der Waals surface area contributed by atoms with Crippen LogP contribution in [0.4, 0.5) is 5.82 Å². The topological polar surface area (TPSA) is 75.9 Å². The summed E-state index contributed by atoms with van der Waals surface area (Å²) in [5.41, 5.74) is 3.30.